The molecule has 22 heavy (non-hydrogen) atoms. The number of nitrogens with zero attached hydrogens (tertiary/aromatic N) is 1. The maximum absolute atomic E-state index is 12.0. The summed E-state index contributed by atoms with van der Waals surface area (Å²) in [5, 5.41) is 12.3. The van der Waals surface area contributed by atoms with Gasteiger partial charge in [0.2, 0.25) is 5.91 Å². The fourth-order valence-corrected chi connectivity index (χ4v) is 3.48. The lowest BCUT2D eigenvalue weighted by Crippen LogP contribution is -2.41. The lowest BCUT2D eigenvalue weighted by atomic mass is 9.97. The Kier molecular flexibility index (Phi) is 5.98. The Morgan fingerprint density at radius 2 is 2.00 bits per heavy atom. The fourth-order valence-electron chi connectivity index (χ4n) is 3.48. The molecule has 1 atom stereocenters. The molecule has 1 aliphatic rings. The summed E-state index contributed by atoms with van der Waals surface area (Å²) >= 11 is 0. The van der Waals surface area contributed by atoms with Gasteiger partial charge in [0.1, 0.15) is 0 Å². The first kappa shape index (κ1) is 17.0. The first-order valence-electron chi connectivity index (χ1n) is 8.19. The topological polar surface area (TPSA) is 52.6 Å². The van der Waals surface area contributed by atoms with E-state index in [1.807, 2.05) is 0 Å². The minimum Gasteiger partial charge on any atom is -0.395 e. The highest BCUT2D eigenvalue weighted by Gasteiger charge is 2.25. The van der Waals surface area contributed by atoms with Gasteiger partial charge in [-0.15, -0.1) is 0 Å². The summed E-state index contributed by atoms with van der Waals surface area (Å²) in [5.74, 6) is 0.0581. The molecule has 122 valence electrons. The average Bonchev–Trinajstić information content (AvgIpc) is 2.88. The van der Waals surface area contributed by atoms with Gasteiger partial charge in [-0.25, -0.2) is 0 Å². The monoisotopic (exact) mass is 304 g/mol. The molecule has 0 bridgehead atoms. The summed E-state index contributed by atoms with van der Waals surface area (Å²) in [6.07, 6.45) is 2.93. The summed E-state index contributed by atoms with van der Waals surface area (Å²) in [7, 11) is 0. The molecule has 1 saturated heterocycles. The second kappa shape index (κ2) is 7.75. The Labute approximate surface area is 133 Å². The van der Waals surface area contributed by atoms with Crippen LogP contribution < -0.4 is 5.32 Å². The third-order valence-electron chi connectivity index (χ3n) is 4.59. The zero-order valence-corrected chi connectivity index (χ0v) is 14.0. The summed E-state index contributed by atoms with van der Waals surface area (Å²) in [6, 6.07) is 4.55. The molecular formula is C18H28N2O2. The Morgan fingerprint density at radius 1 is 1.32 bits per heavy atom. The van der Waals surface area contributed by atoms with Gasteiger partial charge in [-0.2, -0.15) is 0 Å². The Balaban J connectivity index is 1.80. The lowest BCUT2D eigenvalue weighted by molar-refractivity contribution is -0.122. The van der Waals surface area contributed by atoms with Gasteiger partial charge in [0.05, 0.1) is 13.2 Å². The molecule has 1 heterocycles. The van der Waals surface area contributed by atoms with E-state index in [2.05, 4.69) is 43.1 Å². The predicted molar refractivity (Wildman–Crippen MR) is 89.0 cm³/mol. The molecule has 1 fully saturated rings. The van der Waals surface area contributed by atoms with E-state index in [0.717, 1.165) is 25.8 Å². The van der Waals surface area contributed by atoms with Crippen molar-refractivity contribution in [3.63, 3.8) is 0 Å². The minimum absolute atomic E-state index is 0.0581. The zero-order valence-electron chi connectivity index (χ0n) is 14.0. The SMILES string of the molecule is Cc1cc(C)c(CCNC(=O)CN2CCC[C@@H]2CO)c(C)c1. The van der Waals surface area contributed by atoms with E-state index in [0.29, 0.717) is 13.1 Å². The predicted octanol–water partition coefficient (Wildman–Crippen LogP) is 1.73. The maximum Gasteiger partial charge on any atom is 0.234 e. The molecule has 0 radical (unpaired) electrons. The van der Waals surface area contributed by atoms with E-state index in [9.17, 15) is 9.90 Å². The molecule has 4 heteroatoms. The van der Waals surface area contributed by atoms with Crippen LogP contribution in [0.3, 0.4) is 0 Å². The highest BCUT2D eigenvalue weighted by molar-refractivity contribution is 5.78. The van der Waals surface area contributed by atoms with Crippen LogP contribution in [0.25, 0.3) is 0 Å². The lowest BCUT2D eigenvalue weighted by Gasteiger charge is -2.21. The van der Waals surface area contributed by atoms with Gasteiger partial charge in [-0.3, -0.25) is 9.69 Å². The van der Waals surface area contributed by atoms with Crippen LogP contribution in [0.1, 0.15) is 35.1 Å². The zero-order chi connectivity index (χ0) is 16.1. The number of rotatable bonds is 6. The smallest absolute Gasteiger partial charge is 0.234 e. The van der Waals surface area contributed by atoms with Crippen molar-refractivity contribution in [2.45, 2.75) is 46.1 Å². The van der Waals surface area contributed by atoms with Crippen molar-refractivity contribution >= 4 is 5.91 Å². The molecule has 1 aromatic rings. The van der Waals surface area contributed by atoms with Crippen LogP contribution in [-0.4, -0.2) is 48.2 Å². The standard InChI is InChI=1S/C18H28N2O2/c1-13-9-14(2)17(15(3)10-13)6-7-19-18(22)11-20-8-4-5-16(20)12-21/h9-10,16,21H,4-8,11-12H2,1-3H3,(H,19,22)/t16-/m1/s1. The van der Waals surface area contributed by atoms with Crippen LogP contribution in [0.2, 0.25) is 0 Å². The fraction of sp³-hybridized carbons (Fsp3) is 0.611. The third kappa shape index (κ3) is 4.31. The number of carbonyl (C=O) groups is 1. The number of amides is 1. The van der Waals surface area contributed by atoms with E-state index >= 15 is 0 Å². The number of hydrogen-bond donors (Lipinski definition) is 2. The number of aliphatic hydroxyl groups excluding tert-OH is 1. The minimum atomic E-state index is 0.0581. The molecule has 4 nitrogen and oxygen atoms in total. The second-order valence-corrected chi connectivity index (χ2v) is 6.43. The molecule has 0 aromatic heterocycles. The third-order valence-corrected chi connectivity index (χ3v) is 4.59. The second-order valence-electron chi connectivity index (χ2n) is 6.43. The molecule has 0 unspecified atom stereocenters. The molecule has 2 N–H and O–H groups in total. The highest BCUT2D eigenvalue weighted by atomic mass is 16.3. The van der Waals surface area contributed by atoms with Crippen LogP contribution in [0.4, 0.5) is 0 Å². The largest absolute Gasteiger partial charge is 0.395 e. The molecule has 1 aliphatic heterocycles. The van der Waals surface area contributed by atoms with Crippen molar-refractivity contribution in [3.8, 4) is 0 Å². The van der Waals surface area contributed by atoms with Crippen molar-refractivity contribution < 1.29 is 9.90 Å². The van der Waals surface area contributed by atoms with Crippen LogP contribution in [0, 0.1) is 20.8 Å². The van der Waals surface area contributed by atoms with Crippen molar-refractivity contribution in [2.24, 2.45) is 0 Å². The van der Waals surface area contributed by atoms with Gasteiger partial charge >= 0.3 is 0 Å². The molecule has 1 aromatic carbocycles. The first-order valence-corrected chi connectivity index (χ1v) is 8.19. The molecule has 0 saturated carbocycles. The van der Waals surface area contributed by atoms with E-state index in [4.69, 9.17) is 0 Å². The Bertz CT molecular complexity index is 505. The van der Waals surface area contributed by atoms with Gasteiger partial charge < -0.3 is 10.4 Å². The maximum atomic E-state index is 12.0. The Morgan fingerprint density at radius 3 is 2.64 bits per heavy atom. The van der Waals surface area contributed by atoms with Gasteiger partial charge in [-0.05, 0) is 63.3 Å². The number of nitrogens with one attached hydrogen (secondary N) is 1. The summed E-state index contributed by atoms with van der Waals surface area (Å²) < 4.78 is 0. The number of carbonyl (C=O) groups excluding carboxylic acids is 1. The van der Waals surface area contributed by atoms with E-state index in [1.54, 1.807) is 0 Å². The van der Waals surface area contributed by atoms with Gasteiger partial charge in [0.25, 0.3) is 0 Å². The van der Waals surface area contributed by atoms with Gasteiger partial charge in [-0.1, -0.05) is 17.7 Å². The quantitative estimate of drug-likeness (QED) is 0.841. The van der Waals surface area contributed by atoms with Crippen LogP contribution >= 0.6 is 0 Å². The summed E-state index contributed by atoms with van der Waals surface area (Å²) in [4.78, 5) is 14.1. The first-order chi connectivity index (χ1) is 10.5. The molecular weight excluding hydrogens is 276 g/mol. The van der Waals surface area contributed by atoms with Gasteiger partial charge in [0, 0.05) is 12.6 Å². The van der Waals surface area contributed by atoms with E-state index < -0.39 is 0 Å². The molecule has 0 aliphatic carbocycles. The highest BCUT2D eigenvalue weighted by Crippen LogP contribution is 2.17. The van der Waals surface area contributed by atoms with Crippen molar-refractivity contribution in [1.29, 1.82) is 0 Å². The molecule has 0 spiro atoms. The summed E-state index contributed by atoms with van der Waals surface area (Å²) in [5.41, 5.74) is 5.21. The van der Waals surface area contributed by atoms with Crippen molar-refractivity contribution in [3.05, 3.63) is 34.4 Å². The van der Waals surface area contributed by atoms with Gasteiger partial charge in [0.15, 0.2) is 0 Å². The number of aryl methyl sites for hydroxylation is 3. The molecule has 2 rings (SSSR count). The number of benzene rings is 1. The van der Waals surface area contributed by atoms with Crippen LogP contribution in [-0.2, 0) is 11.2 Å². The van der Waals surface area contributed by atoms with Crippen molar-refractivity contribution in [2.75, 3.05) is 26.2 Å². The van der Waals surface area contributed by atoms with E-state index in [1.165, 1.54) is 22.3 Å². The molecule has 1 amide bonds. The number of aliphatic hydroxyl groups is 1. The van der Waals surface area contributed by atoms with Crippen LogP contribution in [0.15, 0.2) is 12.1 Å². The van der Waals surface area contributed by atoms with E-state index in [-0.39, 0.29) is 18.6 Å². The number of hydrogen-bond acceptors (Lipinski definition) is 3. The average molecular weight is 304 g/mol. The normalized spacial score (nSPS) is 18.6. The number of likely N-dealkylation sites (tertiary alicyclic amines) is 1. The van der Waals surface area contributed by atoms with Crippen LogP contribution in [0.5, 0.6) is 0 Å². The summed E-state index contributed by atoms with van der Waals surface area (Å²) in [6.45, 7) is 8.50. The van der Waals surface area contributed by atoms with Crippen molar-refractivity contribution in [1.82, 2.24) is 10.2 Å². The Hall–Kier alpha value is -1.39.